The van der Waals surface area contributed by atoms with Crippen LogP contribution in [0.4, 0.5) is 4.39 Å². The quantitative estimate of drug-likeness (QED) is 0.703. The predicted molar refractivity (Wildman–Crippen MR) is 52.1 cm³/mol. The monoisotopic (exact) mass is 198 g/mol. The molecule has 4 heteroatoms. The van der Waals surface area contributed by atoms with Crippen molar-refractivity contribution in [3.8, 4) is 0 Å². The van der Waals surface area contributed by atoms with Crippen molar-refractivity contribution in [3.05, 3.63) is 29.8 Å². The number of rotatable bonds is 5. The molecule has 3 N–H and O–H groups in total. The van der Waals surface area contributed by atoms with Crippen LogP contribution in [0.15, 0.2) is 18.5 Å². The second-order valence-electron chi connectivity index (χ2n) is 3.26. The summed E-state index contributed by atoms with van der Waals surface area (Å²) in [5.41, 5.74) is 6.53. The molecule has 0 bridgehead atoms. The highest BCUT2D eigenvalue weighted by molar-refractivity contribution is 5.14. The predicted octanol–water partition coefficient (Wildman–Crippen LogP) is 1.38. The Balaban J connectivity index is 2.47. The van der Waals surface area contributed by atoms with Crippen molar-refractivity contribution in [3.63, 3.8) is 0 Å². The maximum atomic E-state index is 12.8. The van der Waals surface area contributed by atoms with E-state index in [9.17, 15) is 4.39 Å². The van der Waals surface area contributed by atoms with E-state index in [0.29, 0.717) is 5.56 Å². The minimum Gasteiger partial charge on any atom is -0.396 e. The summed E-state index contributed by atoms with van der Waals surface area (Å²) in [6, 6.07) is 1.21. The molecule has 0 aliphatic heterocycles. The number of unbranched alkanes of at least 4 members (excludes halogenated alkanes) is 1. The van der Waals surface area contributed by atoms with E-state index in [0.717, 1.165) is 25.5 Å². The number of nitrogens with two attached hydrogens (primary N) is 1. The van der Waals surface area contributed by atoms with Crippen LogP contribution < -0.4 is 5.73 Å². The summed E-state index contributed by atoms with van der Waals surface area (Å²) in [6.45, 7) is 0.175. The molecule has 0 spiro atoms. The van der Waals surface area contributed by atoms with Crippen LogP contribution >= 0.6 is 0 Å². The molecular weight excluding hydrogens is 183 g/mol. The Morgan fingerprint density at radius 1 is 1.43 bits per heavy atom. The first-order valence-electron chi connectivity index (χ1n) is 4.71. The summed E-state index contributed by atoms with van der Waals surface area (Å²) in [6.07, 6.45) is 5.05. The Bertz CT molecular complexity index is 281. The van der Waals surface area contributed by atoms with Gasteiger partial charge in [-0.05, 0) is 30.9 Å². The number of aromatic nitrogens is 1. The van der Waals surface area contributed by atoms with E-state index in [1.807, 2.05) is 0 Å². The van der Waals surface area contributed by atoms with Gasteiger partial charge in [0.05, 0.1) is 6.20 Å². The summed E-state index contributed by atoms with van der Waals surface area (Å²) in [4.78, 5) is 3.73. The molecular formula is C10H15FN2O. The number of hydrogen-bond acceptors (Lipinski definition) is 3. The van der Waals surface area contributed by atoms with Crippen molar-refractivity contribution in [2.75, 3.05) is 6.61 Å². The molecule has 3 nitrogen and oxygen atoms in total. The smallest absolute Gasteiger partial charge is 0.141 e. The Morgan fingerprint density at radius 3 is 2.86 bits per heavy atom. The van der Waals surface area contributed by atoms with Gasteiger partial charge < -0.3 is 10.8 Å². The van der Waals surface area contributed by atoms with Crippen LogP contribution in [0.2, 0.25) is 0 Å². The molecule has 0 aliphatic rings. The molecule has 0 fully saturated rings. The SMILES string of the molecule is N[C@H](CCCCO)c1cncc(F)c1. The van der Waals surface area contributed by atoms with Crippen LogP contribution in [0.25, 0.3) is 0 Å². The van der Waals surface area contributed by atoms with Crippen molar-refractivity contribution in [1.82, 2.24) is 4.98 Å². The first-order chi connectivity index (χ1) is 6.74. The van der Waals surface area contributed by atoms with Crippen LogP contribution in [0, 0.1) is 5.82 Å². The molecule has 1 atom stereocenters. The normalized spacial score (nSPS) is 12.8. The molecule has 0 radical (unpaired) electrons. The van der Waals surface area contributed by atoms with Gasteiger partial charge in [0, 0.05) is 18.8 Å². The number of aliphatic hydroxyl groups excluding tert-OH is 1. The lowest BCUT2D eigenvalue weighted by molar-refractivity contribution is 0.281. The van der Waals surface area contributed by atoms with Crippen LogP contribution in [-0.4, -0.2) is 16.7 Å². The van der Waals surface area contributed by atoms with Gasteiger partial charge in [0.1, 0.15) is 5.82 Å². The maximum Gasteiger partial charge on any atom is 0.141 e. The van der Waals surface area contributed by atoms with Crippen LogP contribution in [0.1, 0.15) is 30.9 Å². The maximum absolute atomic E-state index is 12.8. The summed E-state index contributed by atoms with van der Waals surface area (Å²) < 4.78 is 12.8. The van der Waals surface area contributed by atoms with Gasteiger partial charge in [-0.25, -0.2) is 4.39 Å². The average molecular weight is 198 g/mol. The number of hydrogen-bond donors (Lipinski definition) is 2. The highest BCUT2D eigenvalue weighted by Gasteiger charge is 2.06. The van der Waals surface area contributed by atoms with Crippen LogP contribution in [0.5, 0.6) is 0 Å². The Morgan fingerprint density at radius 2 is 2.21 bits per heavy atom. The number of halogens is 1. The molecule has 0 saturated carbocycles. The third-order valence-corrected chi connectivity index (χ3v) is 2.08. The van der Waals surface area contributed by atoms with Crippen LogP contribution in [0.3, 0.4) is 0 Å². The molecule has 0 aromatic carbocycles. The zero-order chi connectivity index (χ0) is 10.4. The van der Waals surface area contributed by atoms with Gasteiger partial charge in [-0.15, -0.1) is 0 Å². The van der Waals surface area contributed by atoms with Gasteiger partial charge in [-0.2, -0.15) is 0 Å². The molecule has 78 valence electrons. The van der Waals surface area contributed by atoms with Crippen molar-refractivity contribution < 1.29 is 9.50 Å². The minimum atomic E-state index is -0.361. The molecule has 0 amide bonds. The fraction of sp³-hybridized carbons (Fsp3) is 0.500. The Labute approximate surface area is 82.8 Å². The highest BCUT2D eigenvalue weighted by atomic mass is 19.1. The lowest BCUT2D eigenvalue weighted by atomic mass is 10.0. The third kappa shape index (κ3) is 3.40. The minimum absolute atomic E-state index is 0.175. The zero-order valence-electron chi connectivity index (χ0n) is 7.99. The van der Waals surface area contributed by atoms with Gasteiger partial charge in [-0.1, -0.05) is 0 Å². The van der Waals surface area contributed by atoms with Gasteiger partial charge in [0.2, 0.25) is 0 Å². The number of aliphatic hydroxyl groups is 1. The molecule has 1 heterocycles. The summed E-state index contributed by atoms with van der Waals surface area (Å²) in [5.74, 6) is -0.361. The standard InChI is InChI=1S/C10H15FN2O/c11-9-5-8(6-13-7-9)10(12)3-1-2-4-14/h5-7,10,14H,1-4,12H2/t10-/m1/s1. The van der Waals surface area contributed by atoms with Gasteiger partial charge in [0.25, 0.3) is 0 Å². The van der Waals surface area contributed by atoms with E-state index >= 15 is 0 Å². The highest BCUT2D eigenvalue weighted by Crippen LogP contribution is 2.16. The van der Waals surface area contributed by atoms with Gasteiger partial charge in [0.15, 0.2) is 0 Å². The summed E-state index contributed by atoms with van der Waals surface area (Å²) >= 11 is 0. The van der Waals surface area contributed by atoms with Gasteiger partial charge in [-0.3, -0.25) is 4.98 Å². The van der Waals surface area contributed by atoms with Crippen molar-refractivity contribution in [2.24, 2.45) is 5.73 Å². The summed E-state index contributed by atoms with van der Waals surface area (Å²) in [5, 5.41) is 8.58. The molecule has 1 rings (SSSR count). The van der Waals surface area contributed by atoms with E-state index < -0.39 is 0 Å². The fourth-order valence-electron chi connectivity index (χ4n) is 1.27. The largest absolute Gasteiger partial charge is 0.396 e. The Hall–Kier alpha value is -1.00. The topological polar surface area (TPSA) is 59.1 Å². The molecule has 0 saturated heterocycles. The first kappa shape index (κ1) is 11.1. The van der Waals surface area contributed by atoms with Crippen molar-refractivity contribution >= 4 is 0 Å². The second kappa shape index (κ2) is 5.67. The fourth-order valence-corrected chi connectivity index (χ4v) is 1.27. The van der Waals surface area contributed by atoms with Crippen molar-refractivity contribution in [1.29, 1.82) is 0 Å². The number of pyridine rings is 1. The lowest BCUT2D eigenvalue weighted by Crippen LogP contribution is -2.11. The second-order valence-corrected chi connectivity index (χ2v) is 3.26. The molecule has 1 aromatic heterocycles. The first-order valence-corrected chi connectivity index (χ1v) is 4.71. The molecule has 0 unspecified atom stereocenters. The molecule has 14 heavy (non-hydrogen) atoms. The van der Waals surface area contributed by atoms with E-state index in [1.165, 1.54) is 6.07 Å². The average Bonchev–Trinajstić information content (AvgIpc) is 2.18. The zero-order valence-corrected chi connectivity index (χ0v) is 7.99. The van der Waals surface area contributed by atoms with E-state index in [-0.39, 0.29) is 18.5 Å². The van der Waals surface area contributed by atoms with E-state index in [2.05, 4.69) is 4.98 Å². The number of nitrogens with zero attached hydrogens (tertiary/aromatic N) is 1. The summed E-state index contributed by atoms with van der Waals surface area (Å²) in [7, 11) is 0. The third-order valence-electron chi connectivity index (χ3n) is 2.08. The van der Waals surface area contributed by atoms with Gasteiger partial charge >= 0.3 is 0 Å². The van der Waals surface area contributed by atoms with Crippen molar-refractivity contribution in [2.45, 2.75) is 25.3 Å². The molecule has 0 aliphatic carbocycles. The van der Waals surface area contributed by atoms with E-state index in [4.69, 9.17) is 10.8 Å². The Kier molecular flexibility index (Phi) is 4.49. The molecule has 1 aromatic rings. The lowest BCUT2D eigenvalue weighted by Gasteiger charge is -2.10. The van der Waals surface area contributed by atoms with Crippen LogP contribution in [-0.2, 0) is 0 Å². The van der Waals surface area contributed by atoms with E-state index in [1.54, 1.807) is 6.20 Å².